The van der Waals surface area contributed by atoms with Crippen LogP contribution in [-0.2, 0) is 23.9 Å². The zero-order valence-electron chi connectivity index (χ0n) is 21.7. The summed E-state index contributed by atoms with van der Waals surface area (Å²) in [5, 5.41) is 16.1. The average molecular weight is 471 g/mol. The van der Waals surface area contributed by atoms with E-state index >= 15 is 0 Å². The number of amides is 2. The van der Waals surface area contributed by atoms with Crippen LogP contribution in [0.1, 0.15) is 99.3 Å². The van der Waals surface area contributed by atoms with Crippen LogP contribution in [0.15, 0.2) is 0 Å². The van der Waals surface area contributed by atoms with Crippen molar-refractivity contribution < 1.29 is 29.0 Å². The van der Waals surface area contributed by atoms with Crippen molar-refractivity contribution >= 4 is 17.8 Å². The number of unbranched alkanes of at least 4 members (excludes halogenated alkanes) is 6. The Labute approximate surface area is 199 Å². The minimum Gasteiger partial charge on any atom is -0.432 e. The first-order chi connectivity index (χ1) is 15.3. The average Bonchev–Trinajstić information content (AvgIpc) is 2.98. The van der Waals surface area contributed by atoms with Crippen molar-refractivity contribution in [1.29, 1.82) is 0 Å². The van der Waals surface area contributed by atoms with Crippen LogP contribution in [0.3, 0.4) is 0 Å². The summed E-state index contributed by atoms with van der Waals surface area (Å²) in [6.45, 7) is 11.2. The third kappa shape index (κ3) is 10.0. The number of aliphatic hydroxyl groups is 1. The molecule has 0 aliphatic carbocycles. The van der Waals surface area contributed by atoms with Gasteiger partial charge in [-0.05, 0) is 11.8 Å². The number of rotatable bonds is 14. The molecule has 3 N–H and O–H groups in total. The van der Waals surface area contributed by atoms with Crippen molar-refractivity contribution in [3.05, 3.63) is 0 Å². The Morgan fingerprint density at radius 3 is 2.15 bits per heavy atom. The van der Waals surface area contributed by atoms with Crippen LogP contribution in [0.4, 0.5) is 0 Å². The first-order valence-corrected chi connectivity index (χ1v) is 12.4. The molecule has 33 heavy (non-hydrogen) atoms. The molecule has 1 heterocycles. The maximum Gasteiger partial charge on any atom is 0.338 e. The highest BCUT2D eigenvalue weighted by molar-refractivity contribution is 5.88. The van der Waals surface area contributed by atoms with E-state index in [1.54, 1.807) is 13.8 Å². The van der Waals surface area contributed by atoms with Gasteiger partial charge in [-0.15, -0.1) is 0 Å². The lowest BCUT2D eigenvalue weighted by Gasteiger charge is -2.36. The lowest BCUT2D eigenvalue weighted by Crippen LogP contribution is -2.55. The van der Waals surface area contributed by atoms with E-state index in [-0.39, 0.29) is 18.2 Å². The molecule has 8 nitrogen and oxygen atoms in total. The van der Waals surface area contributed by atoms with Gasteiger partial charge in [-0.1, -0.05) is 72.6 Å². The Kier molecular flexibility index (Phi) is 11.8. The smallest absolute Gasteiger partial charge is 0.338 e. The highest BCUT2D eigenvalue weighted by Crippen LogP contribution is 2.32. The molecule has 192 valence electrons. The predicted octanol–water partition coefficient (Wildman–Crippen LogP) is 3.45. The van der Waals surface area contributed by atoms with Gasteiger partial charge in [0.05, 0.1) is 24.5 Å². The third-order valence-electron chi connectivity index (χ3n) is 6.10. The highest BCUT2D eigenvalue weighted by atomic mass is 16.8. The van der Waals surface area contributed by atoms with Crippen LogP contribution in [0.2, 0.25) is 0 Å². The Morgan fingerprint density at radius 2 is 1.67 bits per heavy atom. The lowest BCUT2D eigenvalue weighted by atomic mass is 9.81. The molecule has 1 saturated heterocycles. The molecule has 1 aliphatic rings. The largest absolute Gasteiger partial charge is 0.432 e. The summed E-state index contributed by atoms with van der Waals surface area (Å²) in [7, 11) is 1.50. The number of nitrogens with one attached hydrogen (secondary N) is 2. The molecule has 0 aromatic heterocycles. The van der Waals surface area contributed by atoms with Crippen LogP contribution in [-0.4, -0.2) is 54.0 Å². The Hall–Kier alpha value is -1.67. The maximum absolute atomic E-state index is 13.4. The molecule has 0 unspecified atom stereocenters. The van der Waals surface area contributed by atoms with E-state index in [0.717, 1.165) is 25.7 Å². The second-order valence-electron chi connectivity index (χ2n) is 10.7. The summed E-state index contributed by atoms with van der Waals surface area (Å²) in [5.74, 6) is -3.03. The zero-order valence-corrected chi connectivity index (χ0v) is 21.7. The molecule has 2 amide bonds. The first-order valence-electron chi connectivity index (χ1n) is 12.4. The fourth-order valence-corrected chi connectivity index (χ4v) is 4.23. The Bertz CT molecular complexity index is 643. The summed E-state index contributed by atoms with van der Waals surface area (Å²) in [5.41, 5.74) is -0.511. The number of esters is 1. The van der Waals surface area contributed by atoms with E-state index < -0.39 is 41.3 Å². The molecule has 0 aromatic carbocycles. The Balaban J connectivity index is 2.92. The van der Waals surface area contributed by atoms with Crippen molar-refractivity contribution in [2.75, 3.05) is 7.05 Å². The topological polar surface area (TPSA) is 114 Å². The van der Waals surface area contributed by atoms with E-state index in [1.807, 2.05) is 20.8 Å². The van der Waals surface area contributed by atoms with Gasteiger partial charge in [0.1, 0.15) is 0 Å². The van der Waals surface area contributed by atoms with E-state index in [9.17, 15) is 19.5 Å². The normalized spacial score (nSPS) is 20.6. The highest BCUT2D eigenvalue weighted by Gasteiger charge is 2.48. The van der Waals surface area contributed by atoms with Crippen LogP contribution in [0, 0.1) is 11.3 Å². The fraction of sp³-hybridized carbons (Fsp3) is 0.880. The minimum absolute atomic E-state index is 0.129. The van der Waals surface area contributed by atoms with Gasteiger partial charge in [-0.25, -0.2) is 4.79 Å². The monoisotopic (exact) mass is 470 g/mol. The van der Waals surface area contributed by atoms with Gasteiger partial charge in [0.25, 0.3) is 0 Å². The molecule has 0 bridgehead atoms. The summed E-state index contributed by atoms with van der Waals surface area (Å²) >= 11 is 0. The molecule has 0 radical (unpaired) electrons. The molecule has 0 aromatic rings. The van der Waals surface area contributed by atoms with E-state index in [1.165, 1.54) is 26.3 Å². The number of hydrogen-bond acceptors (Lipinski definition) is 6. The van der Waals surface area contributed by atoms with Crippen LogP contribution < -0.4 is 10.6 Å². The maximum atomic E-state index is 13.4. The minimum atomic E-state index is -1.08. The summed E-state index contributed by atoms with van der Waals surface area (Å²) in [6, 6.07) is -0.677. The lowest BCUT2D eigenvalue weighted by molar-refractivity contribution is -0.162. The SMILES string of the molecule is CCCCCCCCC[C@@H](C(=O)N[C@H]([C@H](O)CC(=O)NC)C(C)(C)C)[C@@H]1OC(C)(C)OC1=O. The van der Waals surface area contributed by atoms with E-state index in [4.69, 9.17) is 9.47 Å². The van der Waals surface area contributed by atoms with E-state index in [2.05, 4.69) is 17.6 Å². The number of aliphatic hydroxyl groups excluding tert-OH is 1. The van der Waals surface area contributed by atoms with Gasteiger partial charge in [0.2, 0.25) is 17.6 Å². The summed E-state index contributed by atoms with van der Waals surface area (Å²) < 4.78 is 11.1. The molecule has 8 heteroatoms. The Morgan fingerprint density at radius 1 is 1.09 bits per heavy atom. The van der Waals surface area contributed by atoms with Gasteiger partial charge in [-0.2, -0.15) is 0 Å². The molecule has 1 fully saturated rings. The van der Waals surface area contributed by atoms with Crippen molar-refractivity contribution in [3.8, 4) is 0 Å². The molecule has 4 atom stereocenters. The quantitative estimate of drug-likeness (QED) is 0.265. The second-order valence-corrected chi connectivity index (χ2v) is 10.7. The van der Waals surface area contributed by atoms with Crippen molar-refractivity contribution in [2.45, 2.75) is 123 Å². The number of carbonyl (C=O) groups is 3. The first kappa shape index (κ1) is 29.4. The predicted molar refractivity (Wildman–Crippen MR) is 127 cm³/mol. The van der Waals surface area contributed by atoms with Crippen molar-refractivity contribution in [1.82, 2.24) is 10.6 Å². The number of cyclic esters (lactones) is 1. The number of ether oxygens (including phenoxy) is 2. The molecule has 1 aliphatic heterocycles. The number of hydrogen-bond donors (Lipinski definition) is 3. The zero-order chi connectivity index (χ0) is 25.2. The van der Waals surface area contributed by atoms with Crippen molar-refractivity contribution in [2.24, 2.45) is 11.3 Å². The third-order valence-corrected chi connectivity index (χ3v) is 6.10. The summed E-state index contributed by atoms with van der Waals surface area (Å²) in [4.78, 5) is 37.7. The van der Waals surface area contributed by atoms with Crippen LogP contribution >= 0.6 is 0 Å². The van der Waals surface area contributed by atoms with Gasteiger partial charge in [0, 0.05) is 20.9 Å². The molecule has 0 spiro atoms. The van der Waals surface area contributed by atoms with Gasteiger partial charge < -0.3 is 25.2 Å². The molecular formula is C25H46N2O6. The van der Waals surface area contributed by atoms with Crippen LogP contribution in [0.25, 0.3) is 0 Å². The fourth-order valence-electron chi connectivity index (χ4n) is 4.23. The molecule has 0 saturated carbocycles. The molecule has 1 rings (SSSR count). The van der Waals surface area contributed by atoms with Gasteiger partial charge in [-0.3, -0.25) is 9.59 Å². The van der Waals surface area contributed by atoms with Crippen molar-refractivity contribution in [3.63, 3.8) is 0 Å². The standard InChI is InChI=1S/C25H46N2O6/c1-8-9-10-11-12-13-14-15-17(20-23(31)33-25(5,6)32-20)22(30)27-21(24(2,3)4)18(28)16-19(29)26-7/h17-18,20-21,28H,8-16H2,1-7H3,(H,26,29)(H,27,30)/t17-,18-,20+,21-/m1/s1. The van der Waals surface area contributed by atoms with Gasteiger partial charge >= 0.3 is 5.97 Å². The summed E-state index contributed by atoms with van der Waals surface area (Å²) in [6.07, 6.45) is 5.95. The molecular weight excluding hydrogens is 424 g/mol. The number of carbonyl (C=O) groups excluding carboxylic acids is 3. The van der Waals surface area contributed by atoms with E-state index in [0.29, 0.717) is 6.42 Å². The second kappa shape index (κ2) is 13.3. The van der Waals surface area contributed by atoms with Gasteiger partial charge in [0.15, 0.2) is 6.10 Å². The van der Waals surface area contributed by atoms with Crippen LogP contribution in [0.5, 0.6) is 0 Å².